The molecule has 3 N–H and O–H groups in total. The molecule has 0 aromatic carbocycles. The molecule has 0 aromatic heterocycles. The lowest BCUT2D eigenvalue weighted by atomic mass is 9.44. The van der Waals surface area contributed by atoms with E-state index in [1.165, 1.54) is 44.9 Å². The summed E-state index contributed by atoms with van der Waals surface area (Å²) in [6.45, 7) is 4.45. The average molecular weight is 337 g/mol. The summed E-state index contributed by atoms with van der Waals surface area (Å²) in [5.74, 6) is 2.95. The molecule has 0 aliphatic heterocycles. The van der Waals surface area contributed by atoms with Gasteiger partial charge in [0.2, 0.25) is 0 Å². The third-order valence-electron chi connectivity index (χ3n) is 9.52. The number of aliphatic hydroxyl groups is 3. The minimum Gasteiger partial charge on any atom is -0.394 e. The van der Waals surface area contributed by atoms with Gasteiger partial charge in [-0.1, -0.05) is 26.7 Å². The highest BCUT2D eigenvalue weighted by molar-refractivity contribution is 5.15. The summed E-state index contributed by atoms with van der Waals surface area (Å²) in [6.07, 6.45) is 11.2. The van der Waals surface area contributed by atoms with Crippen molar-refractivity contribution in [2.45, 2.75) is 89.8 Å². The zero-order valence-electron chi connectivity index (χ0n) is 15.5. The van der Waals surface area contributed by atoms with Crippen LogP contribution in [0.1, 0.15) is 78.1 Å². The smallest absolute Gasteiger partial charge is 0.106 e. The van der Waals surface area contributed by atoms with Gasteiger partial charge < -0.3 is 15.3 Å². The molecular weight excluding hydrogens is 300 g/mol. The van der Waals surface area contributed by atoms with Crippen molar-refractivity contribution >= 4 is 0 Å². The van der Waals surface area contributed by atoms with E-state index in [2.05, 4.69) is 13.8 Å². The molecule has 4 aliphatic rings. The molecule has 0 bridgehead atoms. The van der Waals surface area contributed by atoms with E-state index in [4.69, 9.17) is 0 Å². The van der Waals surface area contributed by atoms with E-state index in [-0.39, 0.29) is 12.0 Å². The van der Waals surface area contributed by atoms with Gasteiger partial charge in [0.25, 0.3) is 0 Å². The monoisotopic (exact) mass is 336 g/mol. The van der Waals surface area contributed by atoms with Crippen molar-refractivity contribution in [1.29, 1.82) is 0 Å². The van der Waals surface area contributed by atoms with E-state index in [0.717, 1.165) is 24.7 Å². The summed E-state index contributed by atoms with van der Waals surface area (Å²) in [7, 11) is 0. The van der Waals surface area contributed by atoms with Crippen LogP contribution in [0.5, 0.6) is 0 Å². The van der Waals surface area contributed by atoms with E-state index in [1.807, 2.05) is 0 Å². The standard InChI is InChI=1S/C21H36O3/c1-19-10-4-3-5-14(19)6-7-15-16(19)8-11-20(2)17(15)9-12-21(20,24)18(23)13-22/h14-18,22-24H,3-13H2,1-2H3/t14-,15-,16+,17+,18+,19+,20+,21+/m1/s1. The lowest BCUT2D eigenvalue weighted by Crippen LogP contribution is -2.60. The minimum absolute atomic E-state index is 0.228. The Hall–Kier alpha value is -0.120. The maximum atomic E-state index is 11.3. The molecule has 4 saturated carbocycles. The molecule has 138 valence electrons. The Bertz CT molecular complexity index is 493. The molecule has 4 rings (SSSR count). The number of hydrogen-bond acceptors (Lipinski definition) is 3. The maximum Gasteiger partial charge on any atom is 0.106 e. The van der Waals surface area contributed by atoms with Crippen LogP contribution in [-0.2, 0) is 0 Å². The molecule has 0 amide bonds. The van der Waals surface area contributed by atoms with Gasteiger partial charge in [0, 0.05) is 5.41 Å². The molecule has 8 atom stereocenters. The molecule has 0 radical (unpaired) electrons. The third-order valence-corrected chi connectivity index (χ3v) is 9.52. The van der Waals surface area contributed by atoms with E-state index >= 15 is 0 Å². The van der Waals surface area contributed by atoms with E-state index in [1.54, 1.807) is 0 Å². The summed E-state index contributed by atoms with van der Waals surface area (Å²) in [4.78, 5) is 0. The lowest BCUT2D eigenvalue weighted by molar-refractivity contribution is -0.193. The molecule has 0 saturated heterocycles. The topological polar surface area (TPSA) is 60.7 Å². The van der Waals surface area contributed by atoms with Crippen molar-refractivity contribution in [3.63, 3.8) is 0 Å². The summed E-state index contributed by atoms with van der Waals surface area (Å²) >= 11 is 0. The molecule has 0 heterocycles. The van der Waals surface area contributed by atoms with Gasteiger partial charge >= 0.3 is 0 Å². The molecule has 0 aromatic rings. The Balaban J connectivity index is 1.64. The van der Waals surface area contributed by atoms with Gasteiger partial charge in [-0.15, -0.1) is 0 Å². The van der Waals surface area contributed by atoms with Crippen LogP contribution >= 0.6 is 0 Å². The summed E-state index contributed by atoms with van der Waals surface area (Å²) in [5, 5.41) is 31.1. The van der Waals surface area contributed by atoms with Gasteiger partial charge in [0.15, 0.2) is 0 Å². The Labute approximate surface area is 146 Å². The Morgan fingerprint density at radius 1 is 0.917 bits per heavy atom. The van der Waals surface area contributed by atoms with E-state index in [9.17, 15) is 15.3 Å². The van der Waals surface area contributed by atoms with Crippen molar-refractivity contribution in [2.24, 2.45) is 34.5 Å². The second-order valence-corrected chi connectivity index (χ2v) is 10.0. The fourth-order valence-electron chi connectivity index (χ4n) is 8.04. The first-order valence-corrected chi connectivity index (χ1v) is 10.4. The fraction of sp³-hybridized carbons (Fsp3) is 1.00. The summed E-state index contributed by atoms with van der Waals surface area (Å²) in [5.41, 5.74) is -0.811. The van der Waals surface area contributed by atoms with Crippen LogP contribution in [0.2, 0.25) is 0 Å². The quantitative estimate of drug-likeness (QED) is 0.723. The molecule has 24 heavy (non-hydrogen) atoms. The summed E-state index contributed by atoms with van der Waals surface area (Å²) in [6, 6.07) is 0. The maximum absolute atomic E-state index is 11.3. The number of fused-ring (bicyclic) bond motifs is 5. The predicted molar refractivity (Wildman–Crippen MR) is 94.4 cm³/mol. The first-order valence-electron chi connectivity index (χ1n) is 10.4. The van der Waals surface area contributed by atoms with Crippen LogP contribution in [-0.4, -0.2) is 33.6 Å². The highest BCUT2D eigenvalue weighted by Gasteiger charge is 2.65. The SMILES string of the molecule is C[C@]12CCCC[C@@H]1CC[C@@H]1[C@@H]2CC[C@@]2(C)[C@H]1CC[C@]2(O)[C@@H](O)CO. The van der Waals surface area contributed by atoms with Crippen molar-refractivity contribution in [3.8, 4) is 0 Å². The number of rotatable bonds is 2. The van der Waals surface area contributed by atoms with Crippen molar-refractivity contribution in [1.82, 2.24) is 0 Å². The van der Waals surface area contributed by atoms with Gasteiger partial charge in [-0.05, 0) is 80.5 Å². The average Bonchev–Trinajstić information content (AvgIpc) is 2.86. The second kappa shape index (κ2) is 5.69. The second-order valence-electron chi connectivity index (χ2n) is 10.0. The van der Waals surface area contributed by atoms with Gasteiger partial charge in [0.1, 0.15) is 6.10 Å². The number of hydrogen-bond donors (Lipinski definition) is 3. The Morgan fingerprint density at radius 2 is 1.67 bits per heavy atom. The van der Waals surface area contributed by atoms with Gasteiger partial charge in [-0.2, -0.15) is 0 Å². The molecule has 3 nitrogen and oxygen atoms in total. The third kappa shape index (κ3) is 2.07. The lowest BCUT2D eigenvalue weighted by Gasteiger charge is -2.61. The van der Waals surface area contributed by atoms with Crippen molar-refractivity contribution in [2.75, 3.05) is 6.61 Å². The first kappa shape index (κ1) is 17.3. The van der Waals surface area contributed by atoms with Crippen LogP contribution in [0, 0.1) is 34.5 Å². The zero-order valence-corrected chi connectivity index (χ0v) is 15.5. The highest BCUT2D eigenvalue weighted by atomic mass is 16.4. The molecule has 4 aliphatic carbocycles. The zero-order chi connectivity index (χ0) is 17.2. The van der Waals surface area contributed by atoms with Gasteiger partial charge in [-0.25, -0.2) is 0 Å². The molecule has 4 fully saturated rings. The summed E-state index contributed by atoms with van der Waals surface area (Å²) < 4.78 is 0. The van der Waals surface area contributed by atoms with Gasteiger partial charge in [0.05, 0.1) is 12.2 Å². The van der Waals surface area contributed by atoms with Crippen molar-refractivity contribution in [3.05, 3.63) is 0 Å². The van der Waals surface area contributed by atoms with E-state index in [0.29, 0.717) is 23.7 Å². The van der Waals surface area contributed by atoms with Crippen LogP contribution in [0.4, 0.5) is 0 Å². The molecule has 0 spiro atoms. The fourth-order valence-corrected chi connectivity index (χ4v) is 8.04. The van der Waals surface area contributed by atoms with Gasteiger partial charge in [-0.3, -0.25) is 0 Å². The normalized spacial score (nSPS) is 55.4. The van der Waals surface area contributed by atoms with Crippen LogP contribution in [0.25, 0.3) is 0 Å². The highest BCUT2D eigenvalue weighted by Crippen LogP contribution is 2.68. The Kier molecular flexibility index (Phi) is 4.10. The van der Waals surface area contributed by atoms with Crippen LogP contribution in [0.15, 0.2) is 0 Å². The first-order chi connectivity index (χ1) is 11.4. The van der Waals surface area contributed by atoms with Crippen LogP contribution < -0.4 is 0 Å². The largest absolute Gasteiger partial charge is 0.394 e. The van der Waals surface area contributed by atoms with Crippen molar-refractivity contribution < 1.29 is 15.3 Å². The predicted octanol–water partition coefficient (Wildman–Crippen LogP) is 3.50. The number of aliphatic hydroxyl groups excluding tert-OH is 2. The molecular formula is C21H36O3. The van der Waals surface area contributed by atoms with Crippen LogP contribution in [0.3, 0.4) is 0 Å². The molecule has 0 unspecified atom stereocenters. The Morgan fingerprint density at radius 3 is 2.42 bits per heavy atom. The molecule has 3 heteroatoms. The van der Waals surface area contributed by atoms with E-state index < -0.39 is 11.7 Å². The minimum atomic E-state index is -1.10.